The van der Waals surface area contributed by atoms with Crippen LogP contribution in [0.2, 0.25) is 0 Å². The Morgan fingerprint density at radius 2 is 1.91 bits per heavy atom. The number of nitrogens with zero attached hydrogens (tertiary/aromatic N) is 4. The van der Waals surface area contributed by atoms with Gasteiger partial charge in [-0.15, -0.1) is 24.8 Å². The molecule has 1 aromatic heterocycles. The molecule has 3 rings (SSSR count). The molecule has 2 fully saturated rings. The molecule has 0 spiro atoms. The second-order valence-electron chi connectivity index (χ2n) is 5.68. The summed E-state index contributed by atoms with van der Waals surface area (Å²) in [5, 5.41) is 3.96. The van der Waals surface area contributed by atoms with Crippen LogP contribution in [0.5, 0.6) is 0 Å². The van der Waals surface area contributed by atoms with E-state index in [0.29, 0.717) is 12.4 Å². The minimum atomic E-state index is -0.550. The van der Waals surface area contributed by atoms with E-state index in [1.165, 1.54) is 0 Å². The molecule has 1 aliphatic heterocycles. The molecule has 0 radical (unpaired) electrons. The number of amides is 1. The second-order valence-corrected chi connectivity index (χ2v) is 5.68. The van der Waals surface area contributed by atoms with Gasteiger partial charge in [0.05, 0.1) is 12.1 Å². The summed E-state index contributed by atoms with van der Waals surface area (Å²) < 4.78 is 5.10. The van der Waals surface area contributed by atoms with Crippen molar-refractivity contribution in [2.75, 3.05) is 26.2 Å². The number of hydrogen-bond donors (Lipinski definition) is 1. The maximum atomic E-state index is 12.1. The Morgan fingerprint density at radius 1 is 1.27 bits per heavy atom. The van der Waals surface area contributed by atoms with Gasteiger partial charge in [0.2, 0.25) is 11.8 Å². The monoisotopic (exact) mass is 351 g/mol. The molecule has 126 valence electrons. The highest BCUT2D eigenvalue weighted by Gasteiger charge is 2.48. The maximum absolute atomic E-state index is 12.1. The van der Waals surface area contributed by atoms with Gasteiger partial charge in [0.1, 0.15) is 0 Å². The van der Waals surface area contributed by atoms with Crippen LogP contribution in [0.4, 0.5) is 0 Å². The average Bonchev–Trinajstić information content (AvgIpc) is 3.06. The van der Waals surface area contributed by atoms with Gasteiger partial charge in [0, 0.05) is 32.6 Å². The van der Waals surface area contributed by atoms with Gasteiger partial charge < -0.3 is 15.2 Å². The number of nitrogens with two attached hydrogens (primary N) is 1. The van der Waals surface area contributed by atoms with Gasteiger partial charge in [-0.2, -0.15) is 4.98 Å². The number of rotatable bonds is 4. The van der Waals surface area contributed by atoms with Crippen LogP contribution < -0.4 is 5.73 Å². The molecular formula is C13H23Cl2N5O2. The number of carbonyl (C=O) groups is 1. The van der Waals surface area contributed by atoms with E-state index in [-0.39, 0.29) is 30.7 Å². The molecule has 1 aliphatic carbocycles. The van der Waals surface area contributed by atoms with Gasteiger partial charge >= 0.3 is 0 Å². The third-order valence-electron chi connectivity index (χ3n) is 4.05. The lowest BCUT2D eigenvalue weighted by Crippen LogP contribution is -2.53. The molecule has 22 heavy (non-hydrogen) atoms. The van der Waals surface area contributed by atoms with Gasteiger partial charge in [0.15, 0.2) is 5.82 Å². The number of aryl methyl sites for hydroxylation is 1. The van der Waals surface area contributed by atoms with Crippen LogP contribution in [0, 0.1) is 0 Å². The molecular weight excluding hydrogens is 329 g/mol. The highest BCUT2D eigenvalue weighted by atomic mass is 35.5. The second kappa shape index (κ2) is 7.59. The van der Waals surface area contributed by atoms with Crippen molar-refractivity contribution in [1.82, 2.24) is 19.9 Å². The summed E-state index contributed by atoms with van der Waals surface area (Å²) in [5.74, 6) is 1.51. The molecule has 0 bridgehead atoms. The Balaban J connectivity index is 0.00000121. The first-order valence-corrected chi connectivity index (χ1v) is 7.23. The lowest BCUT2D eigenvalue weighted by Gasteiger charge is -2.35. The van der Waals surface area contributed by atoms with Gasteiger partial charge in [-0.1, -0.05) is 12.1 Å². The van der Waals surface area contributed by atoms with Crippen LogP contribution >= 0.6 is 24.8 Å². The average molecular weight is 352 g/mol. The van der Waals surface area contributed by atoms with Crippen molar-refractivity contribution >= 4 is 30.7 Å². The van der Waals surface area contributed by atoms with E-state index in [4.69, 9.17) is 10.3 Å². The van der Waals surface area contributed by atoms with Gasteiger partial charge in [0.25, 0.3) is 0 Å². The fourth-order valence-electron chi connectivity index (χ4n) is 2.47. The summed E-state index contributed by atoms with van der Waals surface area (Å²) in [7, 11) is 0. The standard InChI is InChI=1S/C13H21N5O2.2ClH/c1-2-11-15-10(16-20-11)9-17-5-7-18(8-6-17)12(19)13(14)3-4-13;;/h2-9,14H2,1H3;2*1H. The normalized spacial score (nSPS) is 20.0. The van der Waals surface area contributed by atoms with Crippen LogP contribution in [-0.2, 0) is 17.8 Å². The molecule has 9 heteroatoms. The molecule has 0 aromatic carbocycles. The highest BCUT2D eigenvalue weighted by molar-refractivity contribution is 5.89. The van der Waals surface area contributed by atoms with Crippen LogP contribution in [0.3, 0.4) is 0 Å². The van der Waals surface area contributed by atoms with Crippen molar-refractivity contribution in [2.45, 2.75) is 38.3 Å². The predicted octanol–water partition coefficient (Wildman–Crippen LogP) is 0.611. The number of aromatic nitrogens is 2. The zero-order valence-electron chi connectivity index (χ0n) is 12.7. The molecule has 2 aliphatic rings. The van der Waals surface area contributed by atoms with Crippen molar-refractivity contribution in [3.05, 3.63) is 11.7 Å². The fraction of sp³-hybridized carbons (Fsp3) is 0.769. The van der Waals surface area contributed by atoms with Gasteiger partial charge in [-0.25, -0.2) is 0 Å². The SMILES string of the molecule is CCc1nc(CN2CCN(C(=O)C3(N)CC3)CC2)no1.Cl.Cl. The molecule has 2 N–H and O–H groups in total. The first-order chi connectivity index (χ1) is 9.60. The molecule has 0 atom stereocenters. The first-order valence-electron chi connectivity index (χ1n) is 7.23. The predicted molar refractivity (Wildman–Crippen MR) is 86.2 cm³/mol. The molecule has 1 aromatic rings. The van der Waals surface area contributed by atoms with E-state index in [1.807, 2.05) is 11.8 Å². The van der Waals surface area contributed by atoms with Crippen molar-refractivity contribution in [2.24, 2.45) is 5.73 Å². The minimum Gasteiger partial charge on any atom is -0.339 e. The minimum absolute atomic E-state index is 0. The summed E-state index contributed by atoms with van der Waals surface area (Å²) >= 11 is 0. The molecule has 7 nitrogen and oxygen atoms in total. The largest absolute Gasteiger partial charge is 0.339 e. The third-order valence-corrected chi connectivity index (χ3v) is 4.05. The quantitative estimate of drug-likeness (QED) is 0.854. The molecule has 0 unspecified atom stereocenters. The number of carbonyl (C=O) groups excluding carboxylic acids is 1. The Kier molecular flexibility index (Phi) is 6.61. The number of halogens is 2. The van der Waals surface area contributed by atoms with E-state index >= 15 is 0 Å². The molecule has 2 heterocycles. The Hall–Kier alpha value is -0.890. The van der Waals surface area contributed by atoms with E-state index in [1.54, 1.807) is 0 Å². The lowest BCUT2D eigenvalue weighted by molar-refractivity contribution is -0.135. The van der Waals surface area contributed by atoms with Crippen LogP contribution in [0.15, 0.2) is 4.52 Å². The van der Waals surface area contributed by atoms with Crippen molar-refractivity contribution < 1.29 is 9.32 Å². The third kappa shape index (κ3) is 4.10. The summed E-state index contributed by atoms with van der Waals surface area (Å²) in [5.41, 5.74) is 5.41. The van der Waals surface area contributed by atoms with Crippen LogP contribution in [-0.4, -0.2) is 57.6 Å². The summed E-state index contributed by atoms with van der Waals surface area (Å²) in [6.07, 6.45) is 2.41. The zero-order valence-corrected chi connectivity index (χ0v) is 14.3. The number of piperazine rings is 1. The lowest BCUT2D eigenvalue weighted by atomic mass is 10.2. The Morgan fingerprint density at radius 3 is 2.41 bits per heavy atom. The van der Waals surface area contributed by atoms with Gasteiger partial charge in [-0.3, -0.25) is 9.69 Å². The van der Waals surface area contributed by atoms with E-state index in [9.17, 15) is 4.79 Å². The highest BCUT2D eigenvalue weighted by Crippen LogP contribution is 2.34. The van der Waals surface area contributed by atoms with Crippen LogP contribution in [0.1, 0.15) is 31.5 Å². The number of hydrogen-bond acceptors (Lipinski definition) is 6. The Bertz CT molecular complexity index is 498. The van der Waals surface area contributed by atoms with Crippen molar-refractivity contribution in [1.29, 1.82) is 0 Å². The van der Waals surface area contributed by atoms with E-state index < -0.39 is 5.54 Å². The molecule has 1 amide bonds. The van der Waals surface area contributed by atoms with E-state index in [2.05, 4.69) is 15.0 Å². The summed E-state index contributed by atoms with van der Waals surface area (Å²) in [6, 6.07) is 0. The topological polar surface area (TPSA) is 88.5 Å². The van der Waals surface area contributed by atoms with E-state index in [0.717, 1.165) is 51.3 Å². The van der Waals surface area contributed by atoms with Crippen LogP contribution in [0.25, 0.3) is 0 Å². The maximum Gasteiger partial charge on any atom is 0.242 e. The molecule has 1 saturated heterocycles. The summed E-state index contributed by atoms with van der Waals surface area (Å²) in [4.78, 5) is 20.6. The molecule has 1 saturated carbocycles. The first kappa shape index (κ1) is 19.2. The smallest absolute Gasteiger partial charge is 0.242 e. The Labute approximate surface area is 142 Å². The zero-order chi connectivity index (χ0) is 14.2. The van der Waals surface area contributed by atoms with Gasteiger partial charge in [-0.05, 0) is 12.8 Å². The van der Waals surface area contributed by atoms with Crippen molar-refractivity contribution in [3.8, 4) is 0 Å². The fourth-order valence-corrected chi connectivity index (χ4v) is 2.47. The van der Waals surface area contributed by atoms with Crippen molar-refractivity contribution in [3.63, 3.8) is 0 Å². The summed E-state index contributed by atoms with van der Waals surface area (Å²) in [6.45, 7) is 5.80.